The zero-order chi connectivity index (χ0) is 18.8. The van der Waals surface area contributed by atoms with Gasteiger partial charge in [0.2, 0.25) is 6.79 Å². The van der Waals surface area contributed by atoms with Crippen LogP contribution in [-0.2, 0) is 19.4 Å². The number of hydrogen-bond acceptors (Lipinski definition) is 6. The Morgan fingerprint density at radius 3 is 2.81 bits per heavy atom. The van der Waals surface area contributed by atoms with Crippen LogP contribution in [0.15, 0.2) is 46.0 Å². The molecule has 1 aliphatic rings. The molecule has 0 saturated heterocycles. The molecule has 3 aromatic rings. The molecule has 0 N–H and O–H groups in total. The highest BCUT2D eigenvalue weighted by atomic mass is 79.9. The van der Waals surface area contributed by atoms with Crippen molar-refractivity contribution in [3.05, 3.63) is 57.3 Å². The highest BCUT2D eigenvalue weighted by Crippen LogP contribution is 2.38. The molecule has 4 rings (SSSR count). The van der Waals surface area contributed by atoms with Crippen molar-refractivity contribution < 1.29 is 14.2 Å². The summed E-state index contributed by atoms with van der Waals surface area (Å²) in [7, 11) is 1.92. The van der Waals surface area contributed by atoms with Gasteiger partial charge in [0.05, 0.1) is 5.02 Å². The van der Waals surface area contributed by atoms with Gasteiger partial charge in [0, 0.05) is 17.3 Å². The summed E-state index contributed by atoms with van der Waals surface area (Å²) in [6.45, 7) is 0.554. The molecule has 0 atom stereocenters. The van der Waals surface area contributed by atoms with Gasteiger partial charge in [0.25, 0.3) is 0 Å². The summed E-state index contributed by atoms with van der Waals surface area (Å²) in [4.78, 5) is 0. The van der Waals surface area contributed by atoms with E-state index in [-0.39, 0.29) is 6.79 Å². The van der Waals surface area contributed by atoms with Gasteiger partial charge in [-0.3, -0.25) is 0 Å². The van der Waals surface area contributed by atoms with Gasteiger partial charge in [-0.05, 0) is 29.8 Å². The lowest BCUT2D eigenvalue weighted by Gasteiger charge is -2.08. The monoisotopic (exact) mass is 467 g/mol. The van der Waals surface area contributed by atoms with Crippen LogP contribution in [0, 0.1) is 0 Å². The molecule has 9 heteroatoms. The molecule has 27 heavy (non-hydrogen) atoms. The van der Waals surface area contributed by atoms with E-state index in [1.807, 2.05) is 41.9 Å². The van der Waals surface area contributed by atoms with E-state index in [0.29, 0.717) is 23.1 Å². The zero-order valence-corrected chi connectivity index (χ0v) is 17.5. The molecule has 0 radical (unpaired) electrons. The third-order valence-corrected chi connectivity index (χ3v) is 6.14. The average molecular weight is 469 g/mol. The van der Waals surface area contributed by atoms with E-state index in [1.54, 1.807) is 17.8 Å². The molecular weight excluding hydrogens is 454 g/mol. The third-order valence-electron chi connectivity index (χ3n) is 4.02. The quantitative estimate of drug-likeness (QED) is 0.483. The lowest BCUT2D eigenvalue weighted by atomic mass is 10.2. The van der Waals surface area contributed by atoms with Crippen molar-refractivity contribution in [2.45, 2.75) is 17.5 Å². The topological polar surface area (TPSA) is 58.4 Å². The fourth-order valence-electron chi connectivity index (χ4n) is 2.51. The highest BCUT2D eigenvalue weighted by molar-refractivity contribution is 9.10. The molecule has 6 nitrogen and oxygen atoms in total. The molecule has 0 spiro atoms. The standard InChI is InChI=1S/C18H15BrClN3O3S/c1-23-17(8-24-14-5-3-2-4-13(14)20)21-22-18(23)27-9-11-6-15-16(7-12(11)19)26-10-25-15/h2-7H,8-10H2,1H3. The van der Waals surface area contributed by atoms with Gasteiger partial charge >= 0.3 is 0 Å². The number of para-hydroxylation sites is 1. The van der Waals surface area contributed by atoms with Crippen LogP contribution in [-0.4, -0.2) is 21.6 Å². The maximum absolute atomic E-state index is 6.11. The Hall–Kier alpha value is -1.90. The maximum atomic E-state index is 6.11. The molecule has 0 amide bonds. The fourth-order valence-corrected chi connectivity index (χ4v) is 4.27. The normalized spacial score (nSPS) is 12.4. The molecule has 1 aliphatic heterocycles. The zero-order valence-electron chi connectivity index (χ0n) is 14.3. The van der Waals surface area contributed by atoms with Crippen molar-refractivity contribution in [2.24, 2.45) is 7.05 Å². The number of hydrogen-bond donors (Lipinski definition) is 0. The van der Waals surface area contributed by atoms with Crippen molar-refractivity contribution in [3.8, 4) is 17.2 Å². The van der Waals surface area contributed by atoms with Crippen LogP contribution in [0.4, 0.5) is 0 Å². The first kappa shape index (κ1) is 18.5. The van der Waals surface area contributed by atoms with Gasteiger partial charge in [-0.1, -0.05) is 51.4 Å². The number of nitrogens with zero attached hydrogens (tertiary/aromatic N) is 3. The Bertz CT molecular complexity index is 982. The van der Waals surface area contributed by atoms with Crippen molar-refractivity contribution >= 4 is 39.3 Å². The molecule has 1 aromatic heterocycles. The second-order valence-electron chi connectivity index (χ2n) is 5.76. The number of ether oxygens (including phenoxy) is 3. The van der Waals surface area contributed by atoms with Gasteiger partial charge in [0.15, 0.2) is 22.5 Å². The summed E-state index contributed by atoms with van der Waals surface area (Å²) in [6.07, 6.45) is 0. The van der Waals surface area contributed by atoms with E-state index in [0.717, 1.165) is 32.5 Å². The molecule has 140 valence electrons. The molecule has 0 bridgehead atoms. The van der Waals surface area contributed by atoms with E-state index in [1.165, 1.54) is 0 Å². The average Bonchev–Trinajstić information content (AvgIpc) is 3.25. The van der Waals surface area contributed by atoms with E-state index >= 15 is 0 Å². The van der Waals surface area contributed by atoms with Crippen LogP contribution in [0.1, 0.15) is 11.4 Å². The van der Waals surface area contributed by atoms with Crippen molar-refractivity contribution in [1.29, 1.82) is 0 Å². The number of fused-ring (bicyclic) bond motifs is 1. The first-order chi connectivity index (χ1) is 13.1. The maximum Gasteiger partial charge on any atom is 0.231 e. The SMILES string of the molecule is Cn1c(COc2ccccc2Cl)nnc1SCc1cc2c(cc1Br)OCO2. The lowest BCUT2D eigenvalue weighted by Crippen LogP contribution is -2.04. The van der Waals surface area contributed by atoms with Crippen LogP contribution in [0.25, 0.3) is 0 Å². The summed E-state index contributed by atoms with van der Waals surface area (Å²) in [5.74, 6) is 3.59. The third kappa shape index (κ3) is 4.02. The first-order valence-corrected chi connectivity index (χ1v) is 10.2. The Labute approximate surface area is 173 Å². The molecule has 0 saturated carbocycles. The minimum atomic E-state index is 0.260. The summed E-state index contributed by atoms with van der Waals surface area (Å²) >= 11 is 11.3. The van der Waals surface area contributed by atoms with Crippen LogP contribution in [0.5, 0.6) is 17.2 Å². The van der Waals surface area contributed by atoms with E-state index in [2.05, 4.69) is 26.1 Å². The number of rotatable bonds is 6. The minimum Gasteiger partial charge on any atom is -0.484 e. The fraction of sp³-hybridized carbons (Fsp3) is 0.222. The molecule has 0 aliphatic carbocycles. The summed E-state index contributed by atoms with van der Waals surface area (Å²) < 4.78 is 19.5. The Balaban J connectivity index is 1.41. The van der Waals surface area contributed by atoms with Crippen molar-refractivity contribution in [2.75, 3.05) is 6.79 Å². The summed E-state index contributed by atoms with van der Waals surface area (Å²) in [6, 6.07) is 11.3. The van der Waals surface area contributed by atoms with Crippen LogP contribution >= 0.6 is 39.3 Å². The number of thioether (sulfide) groups is 1. The lowest BCUT2D eigenvalue weighted by molar-refractivity contribution is 0.174. The number of halogens is 2. The number of benzene rings is 2. The summed E-state index contributed by atoms with van der Waals surface area (Å²) in [5.41, 5.74) is 1.10. The first-order valence-electron chi connectivity index (χ1n) is 8.08. The summed E-state index contributed by atoms with van der Waals surface area (Å²) in [5, 5.41) is 9.85. The second-order valence-corrected chi connectivity index (χ2v) is 7.97. The second kappa shape index (κ2) is 8.00. The smallest absolute Gasteiger partial charge is 0.231 e. The van der Waals surface area contributed by atoms with Gasteiger partial charge < -0.3 is 18.8 Å². The largest absolute Gasteiger partial charge is 0.484 e. The van der Waals surface area contributed by atoms with Gasteiger partial charge in [-0.15, -0.1) is 10.2 Å². The predicted molar refractivity (Wildman–Crippen MR) is 107 cm³/mol. The van der Waals surface area contributed by atoms with E-state index in [9.17, 15) is 0 Å². The van der Waals surface area contributed by atoms with Gasteiger partial charge in [0.1, 0.15) is 12.4 Å². The molecule has 2 aromatic carbocycles. The Morgan fingerprint density at radius 2 is 2.00 bits per heavy atom. The van der Waals surface area contributed by atoms with Crippen LogP contribution in [0.2, 0.25) is 5.02 Å². The highest BCUT2D eigenvalue weighted by Gasteiger charge is 2.17. The number of aromatic nitrogens is 3. The van der Waals surface area contributed by atoms with Gasteiger partial charge in [-0.25, -0.2) is 0 Å². The molecule has 0 fully saturated rings. The Kier molecular flexibility index (Phi) is 5.47. The molecular formula is C18H15BrClN3O3S. The van der Waals surface area contributed by atoms with Crippen LogP contribution < -0.4 is 14.2 Å². The minimum absolute atomic E-state index is 0.260. The van der Waals surface area contributed by atoms with E-state index in [4.69, 9.17) is 25.8 Å². The molecule has 0 unspecified atom stereocenters. The van der Waals surface area contributed by atoms with Crippen molar-refractivity contribution in [1.82, 2.24) is 14.8 Å². The predicted octanol–water partition coefficient (Wildman–Crippen LogP) is 4.83. The van der Waals surface area contributed by atoms with Gasteiger partial charge in [-0.2, -0.15) is 0 Å². The van der Waals surface area contributed by atoms with E-state index < -0.39 is 0 Å². The van der Waals surface area contributed by atoms with Crippen molar-refractivity contribution in [3.63, 3.8) is 0 Å². The Morgan fingerprint density at radius 1 is 1.22 bits per heavy atom. The van der Waals surface area contributed by atoms with Crippen LogP contribution in [0.3, 0.4) is 0 Å². The molecule has 2 heterocycles.